The first-order valence-corrected chi connectivity index (χ1v) is 7.26. The molecule has 0 spiro atoms. The van der Waals surface area contributed by atoms with Gasteiger partial charge in [-0.25, -0.2) is 4.79 Å². The third-order valence-corrected chi connectivity index (χ3v) is 4.19. The number of carbonyl (C=O) groups excluding carboxylic acids is 1. The van der Waals surface area contributed by atoms with Gasteiger partial charge in [-0.05, 0) is 30.7 Å². The number of halogens is 3. The van der Waals surface area contributed by atoms with Crippen molar-refractivity contribution in [1.29, 1.82) is 0 Å². The van der Waals surface area contributed by atoms with Crippen LogP contribution in [0.2, 0.25) is 0 Å². The number of hydrogen-bond acceptors (Lipinski definition) is 3. The number of ether oxygens (including phenoxy) is 1. The molecule has 2 unspecified atom stereocenters. The van der Waals surface area contributed by atoms with Crippen LogP contribution in [0.15, 0.2) is 24.3 Å². The van der Waals surface area contributed by atoms with Gasteiger partial charge >= 0.3 is 12.3 Å². The molecular formula is C15H17F3N2O2. The minimum absolute atomic E-state index is 0.128. The van der Waals surface area contributed by atoms with Crippen LogP contribution in [0.25, 0.3) is 0 Å². The Morgan fingerprint density at radius 3 is 2.59 bits per heavy atom. The van der Waals surface area contributed by atoms with Crippen molar-refractivity contribution in [1.82, 2.24) is 10.2 Å². The van der Waals surface area contributed by atoms with Gasteiger partial charge in [-0.2, -0.15) is 13.2 Å². The summed E-state index contributed by atoms with van der Waals surface area (Å²) in [5.41, 5.74) is -0.0229. The molecule has 2 aliphatic rings. The van der Waals surface area contributed by atoms with Gasteiger partial charge in [-0.1, -0.05) is 12.1 Å². The molecule has 2 aliphatic heterocycles. The van der Waals surface area contributed by atoms with Crippen molar-refractivity contribution in [2.45, 2.75) is 25.2 Å². The molecule has 0 bridgehead atoms. The van der Waals surface area contributed by atoms with E-state index in [0.29, 0.717) is 18.0 Å². The van der Waals surface area contributed by atoms with Gasteiger partial charge < -0.3 is 15.0 Å². The van der Waals surface area contributed by atoms with E-state index in [1.165, 1.54) is 12.1 Å². The lowest BCUT2D eigenvalue weighted by Crippen LogP contribution is -2.28. The Balaban J connectivity index is 1.62. The van der Waals surface area contributed by atoms with Crippen LogP contribution >= 0.6 is 0 Å². The van der Waals surface area contributed by atoms with Crippen LogP contribution < -0.4 is 5.32 Å². The molecule has 1 amide bonds. The Morgan fingerprint density at radius 1 is 1.27 bits per heavy atom. The monoisotopic (exact) mass is 314 g/mol. The number of carbonyl (C=O) groups is 1. The smallest absolute Gasteiger partial charge is 0.416 e. The molecule has 7 heteroatoms. The molecule has 1 N–H and O–H groups in total. The van der Waals surface area contributed by atoms with Crippen molar-refractivity contribution in [2.75, 3.05) is 19.6 Å². The predicted octanol–water partition coefficient (Wildman–Crippen LogP) is 2.64. The minimum Gasteiger partial charge on any atom is -0.444 e. The van der Waals surface area contributed by atoms with Gasteiger partial charge in [0, 0.05) is 19.0 Å². The van der Waals surface area contributed by atoms with Crippen molar-refractivity contribution in [3.63, 3.8) is 0 Å². The molecule has 0 saturated carbocycles. The molecule has 120 valence electrons. The maximum Gasteiger partial charge on any atom is 0.416 e. The summed E-state index contributed by atoms with van der Waals surface area (Å²) in [7, 11) is 0. The molecule has 0 aromatic heterocycles. The lowest BCUT2D eigenvalue weighted by Gasteiger charge is -2.16. The summed E-state index contributed by atoms with van der Waals surface area (Å²) in [5, 5.41) is 3.23. The van der Waals surface area contributed by atoms with E-state index >= 15 is 0 Å². The SMILES string of the molecule is O=C1OC(C2CCNC2)CN1Cc1ccc(C(F)(F)F)cc1. The quantitative estimate of drug-likeness (QED) is 0.932. The number of amides is 1. The predicted molar refractivity (Wildman–Crippen MR) is 73.1 cm³/mol. The molecule has 2 heterocycles. The third-order valence-electron chi connectivity index (χ3n) is 4.19. The maximum absolute atomic E-state index is 12.5. The molecule has 1 aromatic rings. The number of alkyl halides is 3. The number of nitrogens with zero attached hydrogens (tertiary/aromatic N) is 1. The van der Waals surface area contributed by atoms with E-state index in [-0.39, 0.29) is 12.6 Å². The highest BCUT2D eigenvalue weighted by molar-refractivity contribution is 5.70. The lowest BCUT2D eigenvalue weighted by molar-refractivity contribution is -0.137. The second-order valence-electron chi connectivity index (χ2n) is 5.75. The first-order valence-electron chi connectivity index (χ1n) is 7.26. The van der Waals surface area contributed by atoms with Crippen molar-refractivity contribution in [3.8, 4) is 0 Å². The Kier molecular flexibility index (Phi) is 3.99. The second-order valence-corrected chi connectivity index (χ2v) is 5.75. The van der Waals surface area contributed by atoms with Crippen LogP contribution in [-0.4, -0.2) is 36.7 Å². The number of cyclic esters (lactones) is 1. The van der Waals surface area contributed by atoms with E-state index < -0.39 is 17.8 Å². The highest BCUT2D eigenvalue weighted by atomic mass is 19.4. The molecule has 2 saturated heterocycles. The van der Waals surface area contributed by atoms with Gasteiger partial charge in [0.15, 0.2) is 0 Å². The van der Waals surface area contributed by atoms with E-state index in [1.54, 1.807) is 4.90 Å². The first-order chi connectivity index (χ1) is 10.4. The fourth-order valence-electron chi connectivity index (χ4n) is 2.92. The standard InChI is InChI=1S/C15H17F3N2O2/c16-15(17,18)12-3-1-10(2-4-12)8-20-9-13(22-14(20)21)11-5-6-19-7-11/h1-4,11,13,19H,5-9H2. The zero-order chi connectivity index (χ0) is 15.7. The number of benzene rings is 1. The van der Waals surface area contributed by atoms with Gasteiger partial charge in [-0.15, -0.1) is 0 Å². The van der Waals surface area contributed by atoms with Crippen molar-refractivity contribution in [2.24, 2.45) is 5.92 Å². The normalized spacial score (nSPS) is 25.6. The maximum atomic E-state index is 12.5. The number of nitrogens with one attached hydrogen (secondary N) is 1. The topological polar surface area (TPSA) is 41.6 Å². The van der Waals surface area contributed by atoms with E-state index in [0.717, 1.165) is 31.6 Å². The Labute approximate surface area is 126 Å². The third kappa shape index (κ3) is 3.19. The summed E-state index contributed by atoms with van der Waals surface area (Å²) >= 11 is 0. The fraction of sp³-hybridized carbons (Fsp3) is 0.533. The van der Waals surface area contributed by atoms with Crippen LogP contribution in [0.1, 0.15) is 17.5 Å². The summed E-state index contributed by atoms with van der Waals surface area (Å²) in [6.07, 6.45) is -3.88. The summed E-state index contributed by atoms with van der Waals surface area (Å²) in [6, 6.07) is 4.88. The molecule has 22 heavy (non-hydrogen) atoms. The van der Waals surface area contributed by atoms with Crippen LogP contribution in [0.3, 0.4) is 0 Å². The van der Waals surface area contributed by atoms with Gasteiger partial charge in [0.05, 0.1) is 12.1 Å². The summed E-state index contributed by atoms with van der Waals surface area (Å²) < 4.78 is 42.9. The highest BCUT2D eigenvalue weighted by Gasteiger charge is 2.37. The number of rotatable bonds is 3. The largest absolute Gasteiger partial charge is 0.444 e. The molecular weight excluding hydrogens is 297 g/mol. The second kappa shape index (κ2) is 5.79. The van der Waals surface area contributed by atoms with Crippen molar-refractivity contribution in [3.05, 3.63) is 35.4 Å². The van der Waals surface area contributed by atoms with Crippen LogP contribution in [0, 0.1) is 5.92 Å². The fourth-order valence-corrected chi connectivity index (χ4v) is 2.92. The Bertz CT molecular complexity index is 539. The molecule has 1 aromatic carbocycles. The van der Waals surface area contributed by atoms with E-state index in [2.05, 4.69) is 5.32 Å². The van der Waals surface area contributed by atoms with Crippen LogP contribution in [0.4, 0.5) is 18.0 Å². The Morgan fingerprint density at radius 2 is 2.00 bits per heavy atom. The average Bonchev–Trinajstić information content (AvgIpc) is 3.09. The van der Waals surface area contributed by atoms with Gasteiger partial charge in [-0.3, -0.25) is 0 Å². The summed E-state index contributed by atoms with van der Waals surface area (Å²) in [5.74, 6) is 0.321. The molecule has 0 aliphatic carbocycles. The average molecular weight is 314 g/mol. The molecule has 3 rings (SSSR count). The number of hydrogen-bond donors (Lipinski definition) is 1. The zero-order valence-corrected chi connectivity index (χ0v) is 11.9. The minimum atomic E-state index is -4.34. The zero-order valence-electron chi connectivity index (χ0n) is 11.9. The molecule has 0 radical (unpaired) electrons. The summed E-state index contributed by atoms with van der Waals surface area (Å²) in [4.78, 5) is 13.4. The van der Waals surface area contributed by atoms with E-state index in [1.807, 2.05) is 0 Å². The lowest BCUT2D eigenvalue weighted by atomic mass is 10.0. The molecule has 4 nitrogen and oxygen atoms in total. The Hall–Kier alpha value is -1.76. The van der Waals surface area contributed by atoms with Crippen molar-refractivity contribution < 1.29 is 22.7 Å². The van der Waals surface area contributed by atoms with Crippen molar-refractivity contribution >= 4 is 6.09 Å². The van der Waals surface area contributed by atoms with Gasteiger partial charge in [0.1, 0.15) is 6.10 Å². The molecule has 2 fully saturated rings. The highest BCUT2D eigenvalue weighted by Crippen LogP contribution is 2.30. The summed E-state index contributed by atoms with van der Waals surface area (Å²) in [6.45, 7) is 2.53. The van der Waals surface area contributed by atoms with Gasteiger partial charge in [0.25, 0.3) is 0 Å². The first kappa shape index (κ1) is 15.1. The van der Waals surface area contributed by atoms with Gasteiger partial charge in [0.2, 0.25) is 0 Å². The van der Waals surface area contributed by atoms with Crippen LogP contribution in [-0.2, 0) is 17.5 Å². The molecule has 2 atom stereocenters. The van der Waals surface area contributed by atoms with Crippen LogP contribution in [0.5, 0.6) is 0 Å². The van der Waals surface area contributed by atoms with E-state index in [9.17, 15) is 18.0 Å². The van der Waals surface area contributed by atoms with E-state index in [4.69, 9.17) is 4.74 Å².